The molecule has 0 bridgehead atoms. The lowest BCUT2D eigenvalue weighted by Gasteiger charge is -2.22. The number of benzene rings is 2. The number of amides is 1. The first-order valence-electron chi connectivity index (χ1n) is 8.38. The predicted molar refractivity (Wildman–Crippen MR) is 113 cm³/mol. The molecule has 0 aliphatic carbocycles. The number of thiazole rings is 1. The molecule has 0 radical (unpaired) electrons. The van der Waals surface area contributed by atoms with Crippen molar-refractivity contribution in [3.05, 3.63) is 70.7 Å². The number of rotatable bonds is 7. The van der Waals surface area contributed by atoms with Gasteiger partial charge in [0, 0.05) is 16.8 Å². The number of nitrogens with one attached hydrogen (secondary N) is 1. The Labute approximate surface area is 167 Å². The SMILES string of the molecule is COc1ccc(N(Cc2ccccc2)c2nc(C(=O)NSC)c(C)s2)cc1. The zero-order valence-corrected chi connectivity index (χ0v) is 17.1. The summed E-state index contributed by atoms with van der Waals surface area (Å²) in [6.45, 7) is 2.58. The third-order valence-corrected chi connectivity index (χ3v) is 5.38. The third-order valence-electron chi connectivity index (χ3n) is 3.99. The van der Waals surface area contributed by atoms with E-state index in [4.69, 9.17) is 4.74 Å². The first-order chi connectivity index (χ1) is 13.1. The molecule has 0 aliphatic rings. The molecule has 3 rings (SSSR count). The molecule has 0 aliphatic heterocycles. The lowest BCUT2D eigenvalue weighted by Crippen LogP contribution is -2.19. The van der Waals surface area contributed by atoms with Crippen molar-refractivity contribution >= 4 is 40.0 Å². The Balaban J connectivity index is 1.98. The number of hydrogen-bond acceptors (Lipinski definition) is 6. The molecule has 1 heterocycles. The van der Waals surface area contributed by atoms with Gasteiger partial charge in [-0.1, -0.05) is 42.3 Å². The van der Waals surface area contributed by atoms with Crippen molar-refractivity contribution in [3.63, 3.8) is 0 Å². The third kappa shape index (κ3) is 4.61. The van der Waals surface area contributed by atoms with Crippen molar-refractivity contribution in [2.45, 2.75) is 13.5 Å². The van der Waals surface area contributed by atoms with Gasteiger partial charge in [-0.15, -0.1) is 11.3 Å². The number of methoxy groups -OCH3 is 1. The Hall–Kier alpha value is -2.51. The number of carbonyl (C=O) groups is 1. The van der Waals surface area contributed by atoms with E-state index < -0.39 is 0 Å². The van der Waals surface area contributed by atoms with Crippen LogP contribution in [0.2, 0.25) is 0 Å². The molecule has 0 fully saturated rings. The molecule has 1 N–H and O–H groups in total. The van der Waals surface area contributed by atoms with Crippen LogP contribution < -0.4 is 14.4 Å². The van der Waals surface area contributed by atoms with E-state index in [1.807, 2.05) is 55.6 Å². The average Bonchev–Trinajstić information content (AvgIpc) is 3.09. The second-order valence-corrected chi connectivity index (χ2v) is 7.60. The Morgan fingerprint density at radius 1 is 1.19 bits per heavy atom. The fourth-order valence-electron chi connectivity index (χ4n) is 2.65. The Bertz CT molecular complexity index is 895. The van der Waals surface area contributed by atoms with Gasteiger partial charge >= 0.3 is 0 Å². The van der Waals surface area contributed by atoms with Crippen molar-refractivity contribution in [2.75, 3.05) is 18.3 Å². The molecule has 1 aromatic heterocycles. The van der Waals surface area contributed by atoms with E-state index in [-0.39, 0.29) is 5.91 Å². The summed E-state index contributed by atoms with van der Waals surface area (Å²) in [4.78, 5) is 19.9. The second-order valence-electron chi connectivity index (χ2n) is 5.81. The van der Waals surface area contributed by atoms with E-state index in [9.17, 15) is 4.79 Å². The molecule has 1 amide bonds. The molecule has 3 aromatic rings. The van der Waals surface area contributed by atoms with E-state index in [0.29, 0.717) is 12.2 Å². The number of nitrogens with zero attached hydrogens (tertiary/aromatic N) is 2. The number of aryl methyl sites for hydroxylation is 1. The minimum atomic E-state index is -0.170. The van der Waals surface area contributed by atoms with Crippen LogP contribution in [0.3, 0.4) is 0 Å². The van der Waals surface area contributed by atoms with E-state index in [1.54, 1.807) is 7.11 Å². The largest absolute Gasteiger partial charge is 0.497 e. The smallest absolute Gasteiger partial charge is 0.280 e. The number of anilines is 2. The molecule has 27 heavy (non-hydrogen) atoms. The summed E-state index contributed by atoms with van der Waals surface area (Å²) in [7, 11) is 1.65. The molecule has 0 saturated carbocycles. The standard InChI is InChI=1S/C20H21N3O2S2/c1-14-18(19(24)22-26-3)21-20(27-14)23(13-15-7-5-4-6-8-15)16-9-11-17(25-2)12-10-16/h4-12H,13H2,1-3H3,(H,22,24). The van der Waals surface area contributed by atoms with Gasteiger partial charge in [-0.25, -0.2) is 4.98 Å². The minimum Gasteiger partial charge on any atom is -0.497 e. The van der Waals surface area contributed by atoms with Crippen molar-refractivity contribution < 1.29 is 9.53 Å². The maximum atomic E-state index is 12.3. The van der Waals surface area contributed by atoms with Crippen molar-refractivity contribution in [3.8, 4) is 5.75 Å². The maximum absolute atomic E-state index is 12.3. The molecule has 2 aromatic carbocycles. The lowest BCUT2D eigenvalue weighted by atomic mass is 10.2. The monoisotopic (exact) mass is 399 g/mol. The zero-order valence-electron chi connectivity index (χ0n) is 15.4. The molecule has 0 atom stereocenters. The van der Waals surface area contributed by atoms with Gasteiger partial charge in [-0.3, -0.25) is 9.52 Å². The quantitative estimate of drug-likeness (QED) is 0.578. The Morgan fingerprint density at radius 3 is 2.52 bits per heavy atom. The number of aromatic nitrogens is 1. The lowest BCUT2D eigenvalue weighted by molar-refractivity contribution is 0.0980. The highest BCUT2D eigenvalue weighted by atomic mass is 32.2. The number of carbonyl (C=O) groups excluding carboxylic acids is 1. The van der Waals surface area contributed by atoms with Gasteiger partial charge in [0.15, 0.2) is 5.13 Å². The van der Waals surface area contributed by atoms with Crippen LogP contribution in [0.15, 0.2) is 54.6 Å². The van der Waals surface area contributed by atoms with Gasteiger partial charge in [0.1, 0.15) is 11.4 Å². The first-order valence-corrected chi connectivity index (χ1v) is 10.4. The first kappa shape index (κ1) is 19.3. The number of ether oxygens (including phenoxy) is 1. The fourth-order valence-corrected chi connectivity index (χ4v) is 3.86. The molecule has 0 spiro atoms. The van der Waals surface area contributed by atoms with Gasteiger partial charge in [0.05, 0.1) is 13.7 Å². The van der Waals surface area contributed by atoms with Gasteiger partial charge < -0.3 is 9.64 Å². The highest BCUT2D eigenvalue weighted by molar-refractivity contribution is 7.97. The summed E-state index contributed by atoms with van der Waals surface area (Å²) >= 11 is 2.79. The van der Waals surface area contributed by atoms with Crippen LogP contribution in [0.25, 0.3) is 0 Å². The minimum absolute atomic E-state index is 0.170. The summed E-state index contributed by atoms with van der Waals surface area (Å²) in [5.74, 6) is 0.630. The van der Waals surface area contributed by atoms with E-state index >= 15 is 0 Å². The zero-order chi connectivity index (χ0) is 19.2. The number of hydrogen-bond donors (Lipinski definition) is 1. The fraction of sp³-hybridized carbons (Fsp3) is 0.200. The predicted octanol–water partition coefficient (Wildman–Crippen LogP) is 4.81. The highest BCUT2D eigenvalue weighted by Crippen LogP contribution is 2.34. The summed E-state index contributed by atoms with van der Waals surface area (Å²) in [6, 6.07) is 18.1. The Kier molecular flexibility index (Phi) is 6.36. The van der Waals surface area contributed by atoms with Crippen molar-refractivity contribution in [1.82, 2.24) is 9.71 Å². The normalized spacial score (nSPS) is 10.5. The maximum Gasteiger partial charge on any atom is 0.280 e. The van der Waals surface area contributed by atoms with Crippen LogP contribution in [0.5, 0.6) is 5.75 Å². The molecule has 140 valence electrons. The van der Waals surface area contributed by atoms with Gasteiger partial charge in [-0.2, -0.15) is 0 Å². The molecular formula is C20H21N3O2S2. The molecular weight excluding hydrogens is 378 g/mol. The van der Waals surface area contributed by atoms with Gasteiger partial charge in [-0.05, 0) is 36.8 Å². The average molecular weight is 400 g/mol. The molecule has 0 unspecified atom stereocenters. The van der Waals surface area contributed by atoms with Crippen LogP contribution in [-0.4, -0.2) is 24.3 Å². The molecule has 5 nitrogen and oxygen atoms in total. The Morgan fingerprint density at radius 2 is 1.89 bits per heavy atom. The molecule has 0 saturated heterocycles. The van der Waals surface area contributed by atoms with E-state index in [1.165, 1.54) is 23.3 Å². The van der Waals surface area contributed by atoms with Crippen molar-refractivity contribution in [2.24, 2.45) is 0 Å². The summed E-state index contributed by atoms with van der Waals surface area (Å²) in [5, 5.41) is 0.785. The van der Waals surface area contributed by atoms with E-state index in [0.717, 1.165) is 27.0 Å². The topological polar surface area (TPSA) is 54.5 Å². The highest BCUT2D eigenvalue weighted by Gasteiger charge is 2.20. The van der Waals surface area contributed by atoms with Crippen LogP contribution in [0.4, 0.5) is 10.8 Å². The summed E-state index contributed by atoms with van der Waals surface area (Å²) in [6.07, 6.45) is 1.82. The van der Waals surface area contributed by atoms with Crippen LogP contribution in [0, 0.1) is 6.92 Å². The van der Waals surface area contributed by atoms with Crippen LogP contribution >= 0.6 is 23.3 Å². The van der Waals surface area contributed by atoms with Crippen LogP contribution in [-0.2, 0) is 6.54 Å². The summed E-state index contributed by atoms with van der Waals surface area (Å²) in [5.41, 5.74) is 2.62. The second kappa shape index (κ2) is 8.92. The van der Waals surface area contributed by atoms with E-state index in [2.05, 4.69) is 26.7 Å². The van der Waals surface area contributed by atoms with Gasteiger partial charge in [0.25, 0.3) is 5.91 Å². The van der Waals surface area contributed by atoms with Crippen molar-refractivity contribution in [1.29, 1.82) is 0 Å². The summed E-state index contributed by atoms with van der Waals surface area (Å²) < 4.78 is 8.01. The van der Waals surface area contributed by atoms with Gasteiger partial charge in [0.2, 0.25) is 0 Å². The van der Waals surface area contributed by atoms with Crippen LogP contribution in [0.1, 0.15) is 20.9 Å². The molecule has 7 heteroatoms.